The van der Waals surface area contributed by atoms with Crippen molar-refractivity contribution in [2.24, 2.45) is 17.8 Å². The van der Waals surface area contributed by atoms with E-state index in [0.717, 1.165) is 51.2 Å². The molecule has 0 aromatic rings. The Morgan fingerprint density at radius 1 is 1.04 bits per heavy atom. The van der Waals surface area contributed by atoms with Crippen LogP contribution in [0.1, 0.15) is 70.6 Å². The molecule has 2 saturated heterocycles. The van der Waals surface area contributed by atoms with Crippen LogP contribution in [0.3, 0.4) is 0 Å². The highest BCUT2D eigenvalue weighted by molar-refractivity contribution is 5.76. The second-order valence-electron chi connectivity index (χ2n) is 9.40. The van der Waals surface area contributed by atoms with Crippen LogP contribution in [0.5, 0.6) is 0 Å². The molecule has 0 aromatic heterocycles. The predicted octanol–water partition coefficient (Wildman–Crippen LogP) is 3.04. The molecule has 2 amide bonds. The summed E-state index contributed by atoms with van der Waals surface area (Å²) in [5, 5.41) is 3.70. The van der Waals surface area contributed by atoms with Gasteiger partial charge in [0.2, 0.25) is 11.8 Å². The first-order chi connectivity index (χ1) is 13.0. The minimum atomic E-state index is 0.215. The molecule has 1 aliphatic carbocycles. The SMILES string of the molecule is CN(C)C(=O)CCC[C@H]1NC[C@@H]2C[C@@H]1CN(C(=O)CCC1CCCCC1)C2. The van der Waals surface area contributed by atoms with E-state index >= 15 is 0 Å². The van der Waals surface area contributed by atoms with E-state index in [0.29, 0.717) is 30.2 Å². The van der Waals surface area contributed by atoms with Gasteiger partial charge in [-0.15, -0.1) is 0 Å². The first kappa shape index (κ1) is 20.6. The fourth-order valence-electron chi connectivity index (χ4n) is 5.37. The third-order valence-corrected chi connectivity index (χ3v) is 7.06. The number of nitrogens with one attached hydrogen (secondary N) is 1. The van der Waals surface area contributed by atoms with Crippen LogP contribution in [-0.2, 0) is 9.59 Å². The van der Waals surface area contributed by atoms with Crippen LogP contribution in [0.25, 0.3) is 0 Å². The van der Waals surface area contributed by atoms with Gasteiger partial charge >= 0.3 is 0 Å². The molecule has 154 valence electrons. The summed E-state index contributed by atoms with van der Waals surface area (Å²) < 4.78 is 0. The summed E-state index contributed by atoms with van der Waals surface area (Å²) in [5.74, 6) is 2.56. The van der Waals surface area contributed by atoms with E-state index < -0.39 is 0 Å². The van der Waals surface area contributed by atoms with Crippen LogP contribution in [0, 0.1) is 17.8 Å². The molecule has 3 rings (SSSR count). The van der Waals surface area contributed by atoms with Crippen LogP contribution >= 0.6 is 0 Å². The molecular formula is C22H39N3O2. The Balaban J connectivity index is 1.43. The molecule has 0 unspecified atom stereocenters. The molecule has 1 saturated carbocycles. The molecule has 3 aliphatic rings. The molecule has 2 heterocycles. The number of carbonyl (C=O) groups is 2. The molecule has 2 bridgehead atoms. The van der Waals surface area contributed by atoms with Crippen molar-refractivity contribution in [1.82, 2.24) is 15.1 Å². The van der Waals surface area contributed by atoms with Gasteiger partial charge in [-0.25, -0.2) is 0 Å². The summed E-state index contributed by atoms with van der Waals surface area (Å²) in [6, 6.07) is 0.463. The number of piperidine rings is 2. The Morgan fingerprint density at radius 2 is 1.81 bits per heavy atom. The number of rotatable bonds is 7. The third-order valence-electron chi connectivity index (χ3n) is 7.06. The van der Waals surface area contributed by atoms with Crippen LogP contribution in [0.2, 0.25) is 0 Å². The van der Waals surface area contributed by atoms with Crippen molar-refractivity contribution in [2.45, 2.75) is 76.7 Å². The highest BCUT2D eigenvalue weighted by atomic mass is 16.2. The summed E-state index contributed by atoms with van der Waals surface area (Å²) >= 11 is 0. The van der Waals surface area contributed by atoms with Gasteiger partial charge in [-0.05, 0) is 50.0 Å². The molecule has 2 aliphatic heterocycles. The average molecular weight is 378 g/mol. The van der Waals surface area contributed by atoms with E-state index in [-0.39, 0.29) is 5.91 Å². The maximum Gasteiger partial charge on any atom is 0.222 e. The van der Waals surface area contributed by atoms with E-state index in [1.807, 2.05) is 14.1 Å². The van der Waals surface area contributed by atoms with E-state index in [4.69, 9.17) is 0 Å². The zero-order valence-corrected chi connectivity index (χ0v) is 17.4. The number of carbonyl (C=O) groups excluding carboxylic acids is 2. The lowest BCUT2D eigenvalue weighted by Gasteiger charge is -2.46. The van der Waals surface area contributed by atoms with Gasteiger partial charge in [-0.2, -0.15) is 0 Å². The number of likely N-dealkylation sites (tertiary alicyclic amines) is 1. The van der Waals surface area contributed by atoms with E-state index in [9.17, 15) is 9.59 Å². The number of nitrogens with zero attached hydrogens (tertiary/aromatic N) is 2. The molecule has 0 spiro atoms. The Hall–Kier alpha value is -1.10. The predicted molar refractivity (Wildman–Crippen MR) is 108 cm³/mol. The Bertz CT molecular complexity index is 502. The van der Waals surface area contributed by atoms with Crippen molar-refractivity contribution in [1.29, 1.82) is 0 Å². The Morgan fingerprint density at radius 3 is 2.56 bits per heavy atom. The first-order valence-corrected chi connectivity index (χ1v) is 11.2. The lowest BCUT2D eigenvalue weighted by atomic mass is 9.78. The van der Waals surface area contributed by atoms with Crippen molar-refractivity contribution in [3.63, 3.8) is 0 Å². The van der Waals surface area contributed by atoms with Gasteiger partial charge < -0.3 is 15.1 Å². The molecule has 1 N–H and O–H groups in total. The lowest BCUT2D eigenvalue weighted by Crippen LogP contribution is -2.57. The minimum Gasteiger partial charge on any atom is -0.349 e. The van der Waals surface area contributed by atoms with Crippen LogP contribution < -0.4 is 5.32 Å². The van der Waals surface area contributed by atoms with Crippen molar-refractivity contribution < 1.29 is 9.59 Å². The molecule has 0 radical (unpaired) electrons. The monoisotopic (exact) mass is 377 g/mol. The fraction of sp³-hybridized carbons (Fsp3) is 0.909. The number of amides is 2. The van der Waals surface area contributed by atoms with Crippen molar-refractivity contribution in [3.05, 3.63) is 0 Å². The number of fused-ring (bicyclic) bond motifs is 2. The molecular weight excluding hydrogens is 338 g/mol. The van der Waals surface area contributed by atoms with Crippen LogP contribution in [0.4, 0.5) is 0 Å². The van der Waals surface area contributed by atoms with E-state index in [1.54, 1.807) is 4.90 Å². The zero-order chi connectivity index (χ0) is 19.2. The zero-order valence-electron chi connectivity index (χ0n) is 17.4. The van der Waals surface area contributed by atoms with Gasteiger partial charge in [0.1, 0.15) is 0 Å². The van der Waals surface area contributed by atoms with E-state index in [1.165, 1.54) is 38.5 Å². The second-order valence-corrected chi connectivity index (χ2v) is 9.40. The quantitative estimate of drug-likeness (QED) is 0.742. The summed E-state index contributed by atoms with van der Waals surface area (Å²) in [6.07, 6.45) is 12.5. The van der Waals surface area contributed by atoms with Gasteiger partial charge in [-0.1, -0.05) is 32.1 Å². The maximum absolute atomic E-state index is 12.8. The molecule has 0 aromatic carbocycles. The summed E-state index contributed by atoms with van der Waals surface area (Å²) in [6.45, 7) is 2.88. The van der Waals surface area contributed by atoms with Crippen molar-refractivity contribution >= 4 is 11.8 Å². The summed E-state index contributed by atoms with van der Waals surface area (Å²) in [5.41, 5.74) is 0. The van der Waals surface area contributed by atoms with Crippen molar-refractivity contribution in [3.8, 4) is 0 Å². The number of hydrogen-bond acceptors (Lipinski definition) is 3. The normalized spacial score (nSPS) is 28.8. The smallest absolute Gasteiger partial charge is 0.222 e. The van der Waals surface area contributed by atoms with Gasteiger partial charge in [0, 0.05) is 46.1 Å². The summed E-state index contributed by atoms with van der Waals surface area (Å²) in [4.78, 5) is 28.5. The molecule has 5 nitrogen and oxygen atoms in total. The largest absolute Gasteiger partial charge is 0.349 e. The van der Waals surface area contributed by atoms with Crippen LogP contribution in [0.15, 0.2) is 0 Å². The second kappa shape index (κ2) is 9.90. The highest BCUT2D eigenvalue weighted by Gasteiger charge is 2.37. The van der Waals surface area contributed by atoms with Crippen LogP contribution in [-0.4, -0.2) is 61.4 Å². The molecule has 5 heteroatoms. The standard InChI is InChI=1S/C22H39N3O2/c1-24(2)21(26)10-6-9-20-19-13-18(14-23-20)15-25(16-19)22(27)12-11-17-7-4-3-5-8-17/h17-20,23H,3-16H2,1-2H3/t18-,19+,20+/m0/s1. The van der Waals surface area contributed by atoms with E-state index in [2.05, 4.69) is 10.2 Å². The average Bonchev–Trinajstić information content (AvgIpc) is 2.68. The van der Waals surface area contributed by atoms with Gasteiger partial charge in [0.25, 0.3) is 0 Å². The third kappa shape index (κ3) is 5.94. The number of hydrogen-bond donors (Lipinski definition) is 1. The minimum absolute atomic E-state index is 0.215. The molecule has 3 fully saturated rings. The Kier molecular flexibility index (Phi) is 7.57. The maximum atomic E-state index is 12.8. The first-order valence-electron chi connectivity index (χ1n) is 11.2. The van der Waals surface area contributed by atoms with Gasteiger partial charge in [0.15, 0.2) is 0 Å². The fourth-order valence-corrected chi connectivity index (χ4v) is 5.37. The molecule has 3 atom stereocenters. The summed E-state index contributed by atoms with van der Waals surface area (Å²) in [7, 11) is 3.65. The Labute approximate surface area is 165 Å². The van der Waals surface area contributed by atoms with Gasteiger partial charge in [0.05, 0.1) is 0 Å². The molecule has 27 heavy (non-hydrogen) atoms. The lowest BCUT2D eigenvalue weighted by molar-refractivity contribution is -0.135. The van der Waals surface area contributed by atoms with Crippen molar-refractivity contribution in [2.75, 3.05) is 33.7 Å². The van der Waals surface area contributed by atoms with Gasteiger partial charge in [-0.3, -0.25) is 9.59 Å². The highest BCUT2D eigenvalue weighted by Crippen LogP contribution is 2.32. The topological polar surface area (TPSA) is 52.7 Å².